The van der Waals surface area contributed by atoms with Crippen LogP contribution in [0.2, 0.25) is 0 Å². The third-order valence-electron chi connectivity index (χ3n) is 2.87. The molecule has 1 fully saturated rings. The molecule has 1 unspecified atom stereocenters. The van der Waals surface area contributed by atoms with Crippen molar-refractivity contribution in [1.29, 1.82) is 0 Å². The van der Waals surface area contributed by atoms with Crippen molar-refractivity contribution in [2.45, 2.75) is 32.2 Å². The van der Waals surface area contributed by atoms with Gasteiger partial charge in [-0.15, -0.1) is 0 Å². The number of hydrogen-bond acceptors (Lipinski definition) is 2. The molecule has 0 aliphatic heterocycles. The second kappa shape index (κ2) is 3.62. The highest BCUT2D eigenvalue weighted by Gasteiger charge is 2.25. The maximum absolute atomic E-state index is 9.72. The number of aryl methyl sites for hydroxylation is 1. The molecule has 2 heteroatoms. The van der Waals surface area contributed by atoms with Crippen LogP contribution < -0.4 is 5.73 Å². The van der Waals surface area contributed by atoms with Gasteiger partial charge in [-0.3, -0.25) is 0 Å². The summed E-state index contributed by atoms with van der Waals surface area (Å²) in [6.07, 6.45) is 3.62. The molecule has 3 N–H and O–H groups in total. The first-order valence-corrected chi connectivity index (χ1v) is 5.22. The molecule has 0 amide bonds. The maximum atomic E-state index is 9.72. The van der Waals surface area contributed by atoms with E-state index in [4.69, 9.17) is 5.73 Å². The van der Waals surface area contributed by atoms with Crippen molar-refractivity contribution in [2.75, 3.05) is 0 Å². The van der Waals surface area contributed by atoms with E-state index in [0.29, 0.717) is 5.75 Å². The minimum atomic E-state index is 0.00287. The predicted octanol–water partition coefficient (Wildman–Crippen LogP) is 2.50. The number of aromatic hydroxyl groups is 1. The van der Waals surface area contributed by atoms with Crippen molar-refractivity contribution < 1.29 is 5.11 Å². The molecule has 2 nitrogen and oxygen atoms in total. The van der Waals surface area contributed by atoms with E-state index >= 15 is 0 Å². The molecule has 14 heavy (non-hydrogen) atoms. The molecular weight excluding hydrogens is 174 g/mol. The largest absolute Gasteiger partial charge is 0.508 e. The normalized spacial score (nSPS) is 18.1. The van der Waals surface area contributed by atoms with E-state index in [0.717, 1.165) is 23.5 Å². The van der Waals surface area contributed by atoms with E-state index < -0.39 is 0 Å². The zero-order valence-corrected chi connectivity index (χ0v) is 8.53. The lowest BCUT2D eigenvalue weighted by Crippen LogP contribution is -2.11. The van der Waals surface area contributed by atoms with E-state index in [2.05, 4.69) is 0 Å². The van der Waals surface area contributed by atoms with E-state index in [9.17, 15) is 5.11 Å². The lowest BCUT2D eigenvalue weighted by molar-refractivity contribution is 0.455. The van der Waals surface area contributed by atoms with Crippen LogP contribution in [0.15, 0.2) is 18.2 Å². The van der Waals surface area contributed by atoms with Gasteiger partial charge in [0.05, 0.1) is 0 Å². The summed E-state index contributed by atoms with van der Waals surface area (Å²) in [5, 5.41) is 9.72. The van der Waals surface area contributed by atoms with Crippen molar-refractivity contribution in [2.24, 2.45) is 11.7 Å². The molecule has 0 aromatic heterocycles. The molecule has 0 saturated heterocycles. The standard InChI is InChI=1S/C12H17NO/c1-8-2-5-10(12(14)6-8)11(13)7-9-3-4-9/h2,5-6,9,11,14H,3-4,7,13H2,1H3. The highest BCUT2D eigenvalue weighted by molar-refractivity contribution is 5.37. The molecule has 1 aromatic carbocycles. The quantitative estimate of drug-likeness (QED) is 0.771. The van der Waals surface area contributed by atoms with Crippen LogP contribution in [0.25, 0.3) is 0 Å². The van der Waals surface area contributed by atoms with E-state index in [1.54, 1.807) is 6.07 Å². The van der Waals surface area contributed by atoms with Gasteiger partial charge >= 0.3 is 0 Å². The van der Waals surface area contributed by atoms with Crippen LogP contribution in [0.3, 0.4) is 0 Å². The van der Waals surface area contributed by atoms with Gasteiger partial charge in [0.15, 0.2) is 0 Å². The predicted molar refractivity (Wildman–Crippen MR) is 57.1 cm³/mol. The van der Waals surface area contributed by atoms with Gasteiger partial charge in [0.2, 0.25) is 0 Å². The van der Waals surface area contributed by atoms with Crippen molar-refractivity contribution in [3.63, 3.8) is 0 Å². The summed E-state index contributed by atoms with van der Waals surface area (Å²) >= 11 is 0. The van der Waals surface area contributed by atoms with E-state index in [1.165, 1.54) is 12.8 Å². The zero-order chi connectivity index (χ0) is 10.1. The van der Waals surface area contributed by atoms with Crippen LogP contribution in [0, 0.1) is 12.8 Å². The second-order valence-corrected chi connectivity index (χ2v) is 4.35. The fourth-order valence-corrected chi connectivity index (χ4v) is 1.81. The molecule has 0 heterocycles. The average Bonchev–Trinajstić information content (AvgIpc) is 2.87. The van der Waals surface area contributed by atoms with Crippen LogP contribution in [0.5, 0.6) is 5.75 Å². The first kappa shape index (κ1) is 9.53. The molecule has 0 bridgehead atoms. The van der Waals surface area contributed by atoms with Crippen LogP contribution in [0.4, 0.5) is 0 Å². The molecule has 0 spiro atoms. The Balaban J connectivity index is 2.13. The Hall–Kier alpha value is -1.02. The number of phenolic OH excluding ortho intramolecular Hbond substituents is 1. The molecular formula is C12H17NO. The van der Waals surface area contributed by atoms with Gasteiger partial charge in [0, 0.05) is 11.6 Å². The first-order valence-electron chi connectivity index (χ1n) is 5.22. The van der Waals surface area contributed by atoms with Crippen molar-refractivity contribution in [3.8, 4) is 5.75 Å². The topological polar surface area (TPSA) is 46.2 Å². The number of hydrogen-bond donors (Lipinski definition) is 2. The monoisotopic (exact) mass is 191 g/mol. The summed E-state index contributed by atoms with van der Waals surface area (Å²) in [5.74, 6) is 1.14. The first-order chi connectivity index (χ1) is 6.66. The van der Waals surface area contributed by atoms with E-state index in [-0.39, 0.29) is 6.04 Å². The fourth-order valence-electron chi connectivity index (χ4n) is 1.81. The van der Waals surface area contributed by atoms with Crippen LogP contribution in [-0.4, -0.2) is 5.11 Å². The van der Waals surface area contributed by atoms with Gasteiger partial charge in [0.25, 0.3) is 0 Å². The average molecular weight is 191 g/mol. The SMILES string of the molecule is Cc1ccc(C(N)CC2CC2)c(O)c1. The number of nitrogens with two attached hydrogens (primary N) is 1. The van der Waals surface area contributed by atoms with Gasteiger partial charge < -0.3 is 10.8 Å². The van der Waals surface area contributed by atoms with Crippen LogP contribution in [0.1, 0.15) is 36.4 Å². The molecule has 1 atom stereocenters. The maximum Gasteiger partial charge on any atom is 0.120 e. The Bertz CT molecular complexity index is 331. The number of rotatable bonds is 3. The van der Waals surface area contributed by atoms with Gasteiger partial charge in [-0.2, -0.15) is 0 Å². The summed E-state index contributed by atoms with van der Waals surface area (Å²) in [6, 6.07) is 5.73. The van der Waals surface area contributed by atoms with Gasteiger partial charge in [-0.05, 0) is 30.9 Å². The summed E-state index contributed by atoms with van der Waals surface area (Å²) < 4.78 is 0. The molecule has 1 aliphatic rings. The summed E-state index contributed by atoms with van der Waals surface area (Å²) in [4.78, 5) is 0. The molecule has 1 saturated carbocycles. The van der Waals surface area contributed by atoms with Crippen molar-refractivity contribution >= 4 is 0 Å². The number of benzene rings is 1. The van der Waals surface area contributed by atoms with E-state index in [1.807, 2.05) is 19.1 Å². The molecule has 0 radical (unpaired) electrons. The number of phenols is 1. The minimum Gasteiger partial charge on any atom is -0.508 e. The smallest absolute Gasteiger partial charge is 0.120 e. The van der Waals surface area contributed by atoms with Crippen LogP contribution in [-0.2, 0) is 0 Å². The van der Waals surface area contributed by atoms with Crippen molar-refractivity contribution in [1.82, 2.24) is 0 Å². The van der Waals surface area contributed by atoms with Crippen LogP contribution >= 0.6 is 0 Å². The second-order valence-electron chi connectivity index (χ2n) is 4.35. The molecule has 2 rings (SSSR count). The third-order valence-corrected chi connectivity index (χ3v) is 2.87. The molecule has 76 valence electrons. The summed E-state index contributed by atoms with van der Waals surface area (Å²) in [7, 11) is 0. The summed E-state index contributed by atoms with van der Waals surface area (Å²) in [5.41, 5.74) is 7.99. The Kier molecular flexibility index (Phi) is 2.46. The van der Waals surface area contributed by atoms with Gasteiger partial charge in [0.1, 0.15) is 5.75 Å². The Morgan fingerprint density at radius 2 is 2.21 bits per heavy atom. The third kappa shape index (κ3) is 2.07. The molecule has 1 aliphatic carbocycles. The minimum absolute atomic E-state index is 0.00287. The summed E-state index contributed by atoms with van der Waals surface area (Å²) in [6.45, 7) is 1.97. The Labute approximate surface area is 84.7 Å². The Morgan fingerprint density at radius 1 is 1.50 bits per heavy atom. The highest BCUT2D eigenvalue weighted by atomic mass is 16.3. The fraction of sp³-hybridized carbons (Fsp3) is 0.500. The highest BCUT2D eigenvalue weighted by Crippen LogP contribution is 2.38. The molecule has 1 aromatic rings. The lowest BCUT2D eigenvalue weighted by atomic mass is 10.00. The zero-order valence-electron chi connectivity index (χ0n) is 8.53. The van der Waals surface area contributed by atoms with Gasteiger partial charge in [-0.1, -0.05) is 25.0 Å². The lowest BCUT2D eigenvalue weighted by Gasteiger charge is -2.13. The van der Waals surface area contributed by atoms with Gasteiger partial charge in [-0.25, -0.2) is 0 Å². The Morgan fingerprint density at radius 3 is 2.79 bits per heavy atom. The van der Waals surface area contributed by atoms with Crippen molar-refractivity contribution in [3.05, 3.63) is 29.3 Å².